The van der Waals surface area contributed by atoms with E-state index in [1.54, 1.807) is 0 Å². The molecule has 0 bridgehead atoms. The van der Waals surface area contributed by atoms with Crippen molar-refractivity contribution in [2.45, 2.75) is 87.0 Å². The molecule has 0 aliphatic heterocycles. The van der Waals surface area contributed by atoms with Crippen LogP contribution < -0.4 is 0 Å². The van der Waals surface area contributed by atoms with Gasteiger partial charge in [0.05, 0.1) is 0 Å². The highest BCUT2D eigenvalue weighted by atomic mass is 14.3. The molecule has 104 valence electrons. The summed E-state index contributed by atoms with van der Waals surface area (Å²) in [7, 11) is 0. The van der Waals surface area contributed by atoms with Crippen molar-refractivity contribution in [1.29, 1.82) is 0 Å². The van der Waals surface area contributed by atoms with Crippen LogP contribution in [0.15, 0.2) is 0 Å². The SMILES string of the molecule is CCC(C)CCCCC(C)(CC(C)C)C(C)C. The second-order valence-electron chi connectivity index (χ2n) is 7.17. The molecule has 0 fully saturated rings. The van der Waals surface area contributed by atoms with Gasteiger partial charge in [0.25, 0.3) is 0 Å². The normalized spacial score (nSPS) is 17.5. The van der Waals surface area contributed by atoms with Gasteiger partial charge < -0.3 is 0 Å². The molecule has 0 aromatic carbocycles. The molecular formula is C17H36. The van der Waals surface area contributed by atoms with E-state index in [1.165, 1.54) is 38.5 Å². The zero-order chi connectivity index (χ0) is 13.5. The standard InChI is InChI=1S/C17H36/c1-8-16(6)11-9-10-12-17(7,15(4)5)13-14(2)3/h14-16H,8-13H2,1-7H3. The van der Waals surface area contributed by atoms with E-state index in [-0.39, 0.29) is 0 Å². The van der Waals surface area contributed by atoms with Crippen molar-refractivity contribution >= 4 is 0 Å². The Morgan fingerprint density at radius 1 is 0.941 bits per heavy atom. The van der Waals surface area contributed by atoms with Crippen LogP contribution in [-0.2, 0) is 0 Å². The lowest BCUT2D eigenvalue weighted by Crippen LogP contribution is -2.25. The number of unbranched alkanes of at least 4 members (excludes halogenated alkanes) is 1. The van der Waals surface area contributed by atoms with Gasteiger partial charge in [0.1, 0.15) is 0 Å². The van der Waals surface area contributed by atoms with Crippen LogP contribution in [-0.4, -0.2) is 0 Å². The highest BCUT2D eigenvalue weighted by molar-refractivity contribution is 4.79. The second-order valence-corrected chi connectivity index (χ2v) is 7.17. The molecule has 0 amide bonds. The molecule has 0 N–H and O–H groups in total. The van der Waals surface area contributed by atoms with Crippen LogP contribution in [0.25, 0.3) is 0 Å². The molecule has 17 heavy (non-hydrogen) atoms. The molecule has 0 aliphatic carbocycles. The van der Waals surface area contributed by atoms with Crippen LogP contribution in [0, 0.1) is 23.2 Å². The third kappa shape index (κ3) is 7.11. The summed E-state index contributed by atoms with van der Waals surface area (Å²) in [6.07, 6.45) is 8.41. The average molecular weight is 240 g/mol. The summed E-state index contributed by atoms with van der Waals surface area (Å²) < 4.78 is 0. The van der Waals surface area contributed by atoms with Crippen molar-refractivity contribution in [3.63, 3.8) is 0 Å². The van der Waals surface area contributed by atoms with E-state index < -0.39 is 0 Å². The highest BCUT2D eigenvalue weighted by Gasteiger charge is 2.28. The summed E-state index contributed by atoms with van der Waals surface area (Å²) in [5.41, 5.74) is 0.559. The summed E-state index contributed by atoms with van der Waals surface area (Å²) >= 11 is 0. The van der Waals surface area contributed by atoms with Crippen LogP contribution in [0.1, 0.15) is 87.0 Å². The molecule has 0 saturated carbocycles. The van der Waals surface area contributed by atoms with Gasteiger partial charge in [-0.15, -0.1) is 0 Å². The zero-order valence-electron chi connectivity index (χ0n) is 13.5. The largest absolute Gasteiger partial charge is 0.0651 e. The molecule has 0 nitrogen and oxygen atoms in total. The first-order chi connectivity index (χ1) is 7.81. The van der Waals surface area contributed by atoms with Crippen molar-refractivity contribution in [3.05, 3.63) is 0 Å². The Morgan fingerprint density at radius 3 is 1.94 bits per heavy atom. The fourth-order valence-electron chi connectivity index (χ4n) is 2.78. The van der Waals surface area contributed by atoms with Gasteiger partial charge in [0.15, 0.2) is 0 Å². The Kier molecular flexibility index (Phi) is 8.16. The van der Waals surface area contributed by atoms with Crippen molar-refractivity contribution in [2.75, 3.05) is 0 Å². The first-order valence-electron chi connectivity index (χ1n) is 7.81. The molecule has 0 rings (SSSR count). The molecule has 0 aromatic rings. The molecule has 2 unspecified atom stereocenters. The maximum Gasteiger partial charge on any atom is -0.0300 e. The van der Waals surface area contributed by atoms with Crippen molar-refractivity contribution < 1.29 is 0 Å². The molecule has 0 heteroatoms. The van der Waals surface area contributed by atoms with Crippen LogP contribution in [0.5, 0.6) is 0 Å². The molecule has 0 heterocycles. The minimum atomic E-state index is 0.559. The van der Waals surface area contributed by atoms with E-state index in [9.17, 15) is 0 Å². The number of rotatable bonds is 9. The lowest BCUT2D eigenvalue weighted by atomic mass is 9.70. The summed E-state index contributed by atoms with van der Waals surface area (Å²) in [5, 5.41) is 0. The average Bonchev–Trinajstić information content (AvgIpc) is 2.22. The van der Waals surface area contributed by atoms with Gasteiger partial charge in [-0.2, -0.15) is 0 Å². The highest BCUT2D eigenvalue weighted by Crippen LogP contribution is 2.39. The lowest BCUT2D eigenvalue weighted by molar-refractivity contribution is 0.150. The molecule has 0 aliphatic rings. The van der Waals surface area contributed by atoms with E-state index in [0.29, 0.717) is 5.41 Å². The van der Waals surface area contributed by atoms with Crippen LogP contribution >= 0.6 is 0 Å². The van der Waals surface area contributed by atoms with Crippen molar-refractivity contribution in [2.24, 2.45) is 23.2 Å². The maximum atomic E-state index is 2.50. The summed E-state index contributed by atoms with van der Waals surface area (Å²) in [6, 6.07) is 0. The number of hydrogen-bond acceptors (Lipinski definition) is 0. The number of hydrogen-bond donors (Lipinski definition) is 0. The lowest BCUT2D eigenvalue weighted by Gasteiger charge is -2.36. The van der Waals surface area contributed by atoms with Gasteiger partial charge in [0, 0.05) is 0 Å². The van der Waals surface area contributed by atoms with E-state index in [2.05, 4.69) is 48.5 Å². The van der Waals surface area contributed by atoms with Gasteiger partial charge in [0.2, 0.25) is 0 Å². The monoisotopic (exact) mass is 240 g/mol. The van der Waals surface area contributed by atoms with E-state index in [1.807, 2.05) is 0 Å². The fraction of sp³-hybridized carbons (Fsp3) is 1.00. The smallest absolute Gasteiger partial charge is 0.0300 e. The van der Waals surface area contributed by atoms with Crippen LogP contribution in [0.3, 0.4) is 0 Å². The topological polar surface area (TPSA) is 0 Å². The van der Waals surface area contributed by atoms with Gasteiger partial charge in [-0.3, -0.25) is 0 Å². The fourth-order valence-corrected chi connectivity index (χ4v) is 2.78. The van der Waals surface area contributed by atoms with E-state index >= 15 is 0 Å². The molecule has 0 radical (unpaired) electrons. The third-order valence-electron chi connectivity index (χ3n) is 4.66. The Labute approximate surface area is 111 Å². The maximum absolute atomic E-state index is 2.50. The Morgan fingerprint density at radius 2 is 1.53 bits per heavy atom. The molecule has 0 spiro atoms. The van der Waals surface area contributed by atoms with Crippen LogP contribution in [0.2, 0.25) is 0 Å². The Bertz CT molecular complexity index is 180. The van der Waals surface area contributed by atoms with Gasteiger partial charge in [-0.25, -0.2) is 0 Å². The Balaban J connectivity index is 4.01. The molecular weight excluding hydrogens is 204 g/mol. The summed E-state index contributed by atoms with van der Waals surface area (Å²) in [6.45, 7) is 16.7. The van der Waals surface area contributed by atoms with Gasteiger partial charge in [-0.05, 0) is 36.0 Å². The molecule has 0 aromatic heterocycles. The second kappa shape index (κ2) is 8.16. The molecule has 2 atom stereocenters. The first kappa shape index (κ1) is 17.0. The minimum absolute atomic E-state index is 0.559. The zero-order valence-corrected chi connectivity index (χ0v) is 13.5. The Hall–Kier alpha value is 0. The minimum Gasteiger partial charge on any atom is -0.0651 e. The summed E-state index contributed by atoms with van der Waals surface area (Å²) in [4.78, 5) is 0. The quantitative estimate of drug-likeness (QED) is 0.415. The summed E-state index contributed by atoms with van der Waals surface area (Å²) in [5.74, 6) is 2.57. The van der Waals surface area contributed by atoms with Crippen LogP contribution in [0.4, 0.5) is 0 Å². The van der Waals surface area contributed by atoms with Crippen molar-refractivity contribution in [1.82, 2.24) is 0 Å². The van der Waals surface area contributed by atoms with E-state index in [0.717, 1.165) is 17.8 Å². The predicted octanol–water partition coefficient (Wildman–Crippen LogP) is 6.30. The van der Waals surface area contributed by atoms with Gasteiger partial charge in [-0.1, -0.05) is 74.1 Å². The van der Waals surface area contributed by atoms with E-state index in [4.69, 9.17) is 0 Å². The molecule has 0 saturated heterocycles. The third-order valence-corrected chi connectivity index (χ3v) is 4.66. The predicted molar refractivity (Wildman–Crippen MR) is 80.3 cm³/mol. The first-order valence-corrected chi connectivity index (χ1v) is 7.81. The van der Waals surface area contributed by atoms with Gasteiger partial charge >= 0.3 is 0 Å². The van der Waals surface area contributed by atoms with Crippen molar-refractivity contribution in [3.8, 4) is 0 Å².